The maximum Gasteiger partial charge on any atom is 0.215 e. The molecule has 80 valence electrons. The molecule has 2 rings (SSSR count). The molecule has 0 aromatic heterocycles. The average molecular weight is 205 g/mol. The molecule has 0 spiro atoms. The van der Waals surface area contributed by atoms with Crippen LogP contribution in [0.1, 0.15) is 27.2 Å². The van der Waals surface area contributed by atoms with E-state index >= 15 is 0 Å². The molecule has 0 saturated heterocycles. The van der Waals surface area contributed by atoms with Crippen LogP contribution < -0.4 is 0 Å². The van der Waals surface area contributed by atoms with Crippen molar-refractivity contribution >= 4 is 11.5 Å². The van der Waals surface area contributed by atoms with E-state index in [1.54, 1.807) is 12.2 Å². The molecule has 0 aromatic carbocycles. The summed E-state index contributed by atoms with van der Waals surface area (Å²) in [5.41, 5.74) is 1.16. The van der Waals surface area contributed by atoms with E-state index in [0.29, 0.717) is 5.71 Å². The molecule has 15 heavy (non-hydrogen) atoms. The topological polar surface area (TPSA) is 43.1 Å². The Morgan fingerprint density at radius 3 is 2.80 bits per heavy atom. The predicted octanol–water partition coefficient (Wildman–Crippen LogP) is 1.82. The number of carbonyl (C=O) groups is 1. The van der Waals surface area contributed by atoms with Crippen molar-refractivity contribution in [3.63, 3.8) is 0 Å². The van der Waals surface area contributed by atoms with Gasteiger partial charge < -0.3 is 5.21 Å². The maximum absolute atomic E-state index is 12.0. The minimum atomic E-state index is -0.378. The van der Waals surface area contributed by atoms with Crippen LogP contribution in [0.5, 0.6) is 0 Å². The van der Waals surface area contributed by atoms with E-state index in [4.69, 9.17) is 0 Å². The summed E-state index contributed by atoms with van der Waals surface area (Å²) < 4.78 is 1.03. The first-order chi connectivity index (χ1) is 6.92. The van der Waals surface area contributed by atoms with Crippen molar-refractivity contribution in [3.8, 4) is 0 Å². The quantitative estimate of drug-likeness (QED) is 0.344. The average Bonchev–Trinajstić information content (AvgIpc) is 2.14. The Balaban J connectivity index is 2.57. The van der Waals surface area contributed by atoms with Gasteiger partial charge in [-0.15, -0.1) is 0 Å². The molecule has 1 aliphatic heterocycles. The number of fused-ring (bicyclic) bond motifs is 1. The van der Waals surface area contributed by atoms with Crippen molar-refractivity contribution in [3.05, 3.63) is 29.0 Å². The number of allylic oxidation sites excluding steroid dienone is 4. The Bertz CT molecular complexity index is 413. The normalized spacial score (nSPS) is 28.9. The lowest BCUT2D eigenvalue weighted by Crippen LogP contribution is -2.44. The first kappa shape index (κ1) is 10.1. The van der Waals surface area contributed by atoms with Crippen LogP contribution >= 0.6 is 0 Å². The zero-order valence-electron chi connectivity index (χ0n) is 9.28. The van der Waals surface area contributed by atoms with Crippen LogP contribution in [0.2, 0.25) is 0 Å². The molecular weight excluding hydrogens is 190 g/mol. The van der Waals surface area contributed by atoms with Gasteiger partial charge in [0.15, 0.2) is 11.3 Å². The van der Waals surface area contributed by atoms with Gasteiger partial charge in [-0.2, -0.15) is 0 Å². The van der Waals surface area contributed by atoms with E-state index in [-0.39, 0.29) is 17.2 Å². The number of hydrogen-bond acceptors (Lipinski definition) is 2. The van der Waals surface area contributed by atoms with E-state index in [2.05, 4.69) is 6.92 Å². The molecule has 0 radical (unpaired) electrons. The minimum Gasteiger partial charge on any atom is -0.623 e. The molecule has 0 saturated carbocycles. The highest BCUT2D eigenvalue weighted by atomic mass is 16.5. The number of ketones is 1. The zero-order valence-corrected chi connectivity index (χ0v) is 9.28. The van der Waals surface area contributed by atoms with Gasteiger partial charge in [0.1, 0.15) is 0 Å². The lowest BCUT2D eigenvalue weighted by atomic mass is 9.79. The summed E-state index contributed by atoms with van der Waals surface area (Å²) in [6, 6.07) is 0. The van der Waals surface area contributed by atoms with Crippen molar-refractivity contribution < 1.29 is 9.53 Å². The summed E-state index contributed by atoms with van der Waals surface area (Å²) in [5, 5.41) is 12.0. The van der Waals surface area contributed by atoms with Gasteiger partial charge in [0, 0.05) is 31.9 Å². The number of hydrogen-bond donors (Lipinski definition) is 0. The lowest BCUT2D eigenvalue weighted by Gasteiger charge is -2.35. The highest BCUT2D eigenvalue weighted by Gasteiger charge is 2.40. The molecule has 3 nitrogen and oxygen atoms in total. The Labute approximate surface area is 89.4 Å². The Kier molecular flexibility index (Phi) is 2.07. The molecule has 2 aliphatic rings. The predicted molar refractivity (Wildman–Crippen MR) is 58.7 cm³/mol. The van der Waals surface area contributed by atoms with Gasteiger partial charge in [0.25, 0.3) is 0 Å². The van der Waals surface area contributed by atoms with E-state index in [9.17, 15) is 10.0 Å². The third-order valence-electron chi connectivity index (χ3n) is 3.10. The fourth-order valence-electron chi connectivity index (χ4n) is 2.38. The van der Waals surface area contributed by atoms with E-state index in [0.717, 1.165) is 16.7 Å². The second-order valence-electron chi connectivity index (χ2n) is 4.93. The summed E-state index contributed by atoms with van der Waals surface area (Å²) in [7, 11) is 0. The van der Waals surface area contributed by atoms with Gasteiger partial charge in [-0.1, -0.05) is 6.92 Å². The molecule has 1 heterocycles. The number of hydroxylamine groups is 1. The van der Waals surface area contributed by atoms with E-state index in [1.165, 1.54) is 6.08 Å². The van der Waals surface area contributed by atoms with E-state index in [1.807, 2.05) is 13.8 Å². The molecule has 0 fully saturated rings. The molecule has 0 aromatic rings. The Morgan fingerprint density at radius 2 is 2.13 bits per heavy atom. The van der Waals surface area contributed by atoms with Gasteiger partial charge in [-0.25, -0.2) is 4.74 Å². The number of nitrogens with zero attached hydrogens (tertiary/aromatic N) is 1. The van der Waals surface area contributed by atoms with Crippen molar-refractivity contribution in [2.24, 2.45) is 5.92 Å². The van der Waals surface area contributed by atoms with Crippen molar-refractivity contribution in [1.82, 2.24) is 0 Å². The molecule has 3 heteroatoms. The standard InChI is InChI=1S/C12H15NO2/c1-8-7-12(2,3)13(15)11-5-4-9(14)6-10(8)11/h4-6,8H,7H2,1-3H3. The van der Waals surface area contributed by atoms with Crippen LogP contribution in [-0.2, 0) is 4.79 Å². The van der Waals surface area contributed by atoms with Crippen molar-refractivity contribution in [2.75, 3.05) is 0 Å². The summed E-state index contributed by atoms with van der Waals surface area (Å²) >= 11 is 0. The van der Waals surface area contributed by atoms with Gasteiger partial charge in [-0.3, -0.25) is 4.79 Å². The first-order valence-electron chi connectivity index (χ1n) is 5.20. The van der Waals surface area contributed by atoms with Gasteiger partial charge in [0.05, 0.1) is 0 Å². The molecule has 1 unspecified atom stereocenters. The number of carbonyl (C=O) groups excluding carboxylic acids is 1. The van der Waals surface area contributed by atoms with Crippen LogP contribution in [0.3, 0.4) is 0 Å². The largest absolute Gasteiger partial charge is 0.623 e. The Hall–Kier alpha value is -1.38. The van der Waals surface area contributed by atoms with Crippen LogP contribution in [0, 0.1) is 11.1 Å². The minimum absolute atomic E-state index is 0.0197. The van der Waals surface area contributed by atoms with Gasteiger partial charge >= 0.3 is 0 Å². The van der Waals surface area contributed by atoms with Crippen LogP contribution in [0.25, 0.3) is 0 Å². The molecular formula is C12H15NO2. The van der Waals surface area contributed by atoms with Crippen molar-refractivity contribution in [2.45, 2.75) is 32.7 Å². The summed E-state index contributed by atoms with van der Waals surface area (Å²) in [5.74, 6) is 0.253. The monoisotopic (exact) mass is 205 g/mol. The molecule has 1 aliphatic carbocycles. The fourth-order valence-corrected chi connectivity index (χ4v) is 2.38. The molecule has 0 amide bonds. The third kappa shape index (κ3) is 1.52. The fraction of sp³-hybridized carbons (Fsp3) is 0.500. The number of rotatable bonds is 0. The molecule has 1 atom stereocenters. The second kappa shape index (κ2) is 3.05. The first-order valence-corrected chi connectivity index (χ1v) is 5.20. The SMILES string of the molecule is CC1CC(C)(C)[N+]([O-])=C2C=CC(=O)C=C21. The Morgan fingerprint density at radius 1 is 1.47 bits per heavy atom. The molecule has 0 bridgehead atoms. The highest BCUT2D eigenvalue weighted by Crippen LogP contribution is 2.32. The maximum atomic E-state index is 12.0. The van der Waals surface area contributed by atoms with Crippen LogP contribution in [0.15, 0.2) is 23.8 Å². The third-order valence-corrected chi connectivity index (χ3v) is 3.10. The summed E-state index contributed by atoms with van der Waals surface area (Å²) in [6.45, 7) is 5.93. The second-order valence-corrected chi connectivity index (χ2v) is 4.93. The lowest BCUT2D eigenvalue weighted by molar-refractivity contribution is -0.545. The van der Waals surface area contributed by atoms with Crippen molar-refractivity contribution in [1.29, 1.82) is 0 Å². The van der Waals surface area contributed by atoms with Crippen LogP contribution in [-0.4, -0.2) is 21.8 Å². The highest BCUT2D eigenvalue weighted by molar-refractivity contribution is 6.18. The zero-order chi connectivity index (χ0) is 11.2. The smallest absolute Gasteiger partial charge is 0.215 e. The van der Waals surface area contributed by atoms with E-state index < -0.39 is 0 Å². The van der Waals surface area contributed by atoms with Gasteiger partial charge in [0.2, 0.25) is 5.71 Å². The van der Waals surface area contributed by atoms with Crippen LogP contribution in [0.4, 0.5) is 0 Å². The van der Waals surface area contributed by atoms with Gasteiger partial charge in [-0.05, 0) is 18.1 Å². The summed E-state index contributed by atoms with van der Waals surface area (Å²) in [4.78, 5) is 11.2. The molecule has 0 N–H and O–H groups in total. The summed E-state index contributed by atoms with van der Waals surface area (Å²) in [6.07, 6.45) is 5.47.